The monoisotopic (exact) mass is 628 g/mol. The molecular weight excluding hydrogens is 580 g/mol. The van der Waals surface area contributed by atoms with Crippen molar-refractivity contribution in [1.29, 1.82) is 0 Å². The second-order valence-corrected chi connectivity index (χ2v) is 11.1. The Morgan fingerprint density at radius 2 is 0.886 bits per heavy atom. The SMILES string of the molecule is O=C(CCCCCCC#CC#CCCCCCCC(=O)N[C@@H]1O[C@H](CO)[C@@H](O)[C@H](O)[C@H]1O)N[C@@H]1O[C@H](CO)[C@@H](O)[C@H](O)[C@H]1O. The van der Waals surface area contributed by atoms with Gasteiger partial charge < -0.3 is 61.0 Å². The van der Waals surface area contributed by atoms with Crippen molar-refractivity contribution in [1.82, 2.24) is 10.6 Å². The molecule has 2 heterocycles. The predicted molar refractivity (Wildman–Crippen MR) is 155 cm³/mol. The molecule has 250 valence electrons. The van der Waals surface area contributed by atoms with E-state index in [-0.39, 0.29) is 24.7 Å². The van der Waals surface area contributed by atoms with Crippen molar-refractivity contribution in [3.05, 3.63) is 0 Å². The first-order chi connectivity index (χ1) is 21.1. The van der Waals surface area contributed by atoms with Crippen LogP contribution in [0.5, 0.6) is 0 Å². The van der Waals surface area contributed by atoms with Gasteiger partial charge >= 0.3 is 0 Å². The van der Waals surface area contributed by atoms with Gasteiger partial charge in [0.2, 0.25) is 11.8 Å². The van der Waals surface area contributed by atoms with Gasteiger partial charge in [0.25, 0.3) is 0 Å². The van der Waals surface area contributed by atoms with Crippen LogP contribution in [-0.4, -0.2) is 127 Å². The second-order valence-electron chi connectivity index (χ2n) is 11.1. The molecule has 44 heavy (non-hydrogen) atoms. The van der Waals surface area contributed by atoms with Gasteiger partial charge in [0.1, 0.15) is 48.8 Å². The van der Waals surface area contributed by atoms with Gasteiger partial charge in [-0.05, 0) is 37.5 Å². The van der Waals surface area contributed by atoms with E-state index >= 15 is 0 Å². The van der Waals surface area contributed by atoms with Crippen LogP contribution in [0.1, 0.15) is 77.0 Å². The lowest BCUT2D eigenvalue weighted by molar-refractivity contribution is -0.236. The summed E-state index contributed by atoms with van der Waals surface area (Å²) >= 11 is 0. The van der Waals surface area contributed by atoms with E-state index in [2.05, 4.69) is 34.3 Å². The zero-order valence-corrected chi connectivity index (χ0v) is 24.9. The third kappa shape index (κ3) is 12.6. The first-order valence-corrected chi connectivity index (χ1v) is 15.3. The lowest BCUT2D eigenvalue weighted by Crippen LogP contribution is -2.63. The molecule has 0 aromatic heterocycles. The summed E-state index contributed by atoms with van der Waals surface area (Å²) in [6, 6.07) is 0. The Kier molecular flexibility index (Phi) is 17.8. The summed E-state index contributed by atoms with van der Waals surface area (Å²) in [6.45, 7) is -1.12. The maximum absolute atomic E-state index is 12.1. The molecule has 2 amide bonds. The van der Waals surface area contributed by atoms with Crippen LogP contribution in [0.2, 0.25) is 0 Å². The maximum atomic E-state index is 12.1. The summed E-state index contributed by atoms with van der Waals surface area (Å²) in [6.07, 6.45) is -5.38. The Morgan fingerprint density at radius 3 is 1.25 bits per heavy atom. The molecule has 14 nitrogen and oxygen atoms in total. The normalized spacial score (nSPS) is 31.6. The van der Waals surface area contributed by atoms with Gasteiger partial charge in [0.15, 0.2) is 12.5 Å². The fourth-order valence-electron chi connectivity index (χ4n) is 4.82. The van der Waals surface area contributed by atoms with E-state index in [1.54, 1.807) is 0 Å². The number of hydrogen-bond donors (Lipinski definition) is 10. The lowest BCUT2D eigenvalue weighted by Gasteiger charge is -2.40. The summed E-state index contributed by atoms with van der Waals surface area (Å²) in [5.41, 5.74) is 0. The highest BCUT2D eigenvalue weighted by molar-refractivity contribution is 5.76. The number of nitrogens with one attached hydrogen (secondary N) is 2. The minimum absolute atomic E-state index is 0.210. The van der Waals surface area contributed by atoms with Crippen molar-refractivity contribution in [3.8, 4) is 23.7 Å². The second kappa shape index (κ2) is 20.6. The molecule has 2 fully saturated rings. The van der Waals surface area contributed by atoms with Crippen LogP contribution >= 0.6 is 0 Å². The fourth-order valence-corrected chi connectivity index (χ4v) is 4.82. The Balaban J connectivity index is 1.45. The van der Waals surface area contributed by atoms with Gasteiger partial charge in [0.05, 0.1) is 13.2 Å². The third-order valence-corrected chi connectivity index (χ3v) is 7.54. The molecule has 0 unspecified atom stereocenters. The average molecular weight is 629 g/mol. The number of unbranched alkanes of at least 4 members (excludes halogenated alkanes) is 8. The number of aliphatic hydroxyl groups excluding tert-OH is 8. The van der Waals surface area contributed by atoms with Crippen molar-refractivity contribution in [2.45, 2.75) is 138 Å². The number of carbonyl (C=O) groups excluding carboxylic acids is 2. The number of hydrogen-bond acceptors (Lipinski definition) is 12. The standard InChI is InChI=1S/C30H48N2O12/c33-17-19-23(37)25(39)27(41)29(43-19)31-21(35)15-13-11-9-7-5-3-1-2-4-6-8-10-12-14-16-22(36)32-30-28(42)26(40)24(38)20(18-34)44-30/h19-20,23-30,33-34,37-42H,5-18H2,(H,31,35)(H,32,36)/t19-,20-,23-,24-,25+,26+,27-,28-,29-,30-/m1/s1. The molecule has 10 N–H and O–H groups in total. The molecule has 14 heteroatoms. The van der Waals surface area contributed by atoms with E-state index in [1.807, 2.05) is 0 Å². The highest BCUT2D eigenvalue weighted by atomic mass is 16.6. The smallest absolute Gasteiger partial charge is 0.222 e. The highest BCUT2D eigenvalue weighted by Crippen LogP contribution is 2.21. The van der Waals surface area contributed by atoms with Crippen LogP contribution in [-0.2, 0) is 19.1 Å². The largest absolute Gasteiger partial charge is 0.394 e. The van der Waals surface area contributed by atoms with Crippen LogP contribution in [0, 0.1) is 23.7 Å². The molecule has 0 aliphatic carbocycles. The molecule has 0 bridgehead atoms. The number of ether oxygens (including phenoxy) is 2. The van der Waals surface area contributed by atoms with Crippen LogP contribution in [0.4, 0.5) is 0 Å². The minimum atomic E-state index is -1.53. The Labute approximate surface area is 257 Å². The maximum Gasteiger partial charge on any atom is 0.222 e. The number of amides is 2. The molecule has 0 saturated carbocycles. The minimum Gasteiger partial charge on any atom is -0.394 e. The number of aliphatic hydroxyl groups is 8. The zero-order chi connectivity index (χ0) is 32.5. The van der Waals surface area contributed by atoms with E-state index < -0.39 is 74.5 Å². The van der Waals surface area contributed by atoms with E-state index in [0.717, 1.165) is 38.5 Å². The average Bonchev–Trinajstić information content (AvgIpc) is 3.01. The van der Waals surface area contributed by atoms with E-state index in [9.17, 15) is 50.4 Å². The van der Waals surface area contributed by atoms with Crippen molar-refractivity contribution < 1.29 is 59.9 Å². The molecule has 2 aliphatic heterocycles. The molecular formula is C30H48N2O12. The molecule has 0 spiro atoms. The fraction of sp³-hybridized carbons (Fsp3) is 0.800. The van der Waals surface area contributed by atoms with Crippen molar-refractivity contribution >= 4 is 11.8 Å². The Morgan fingerprint density at radius 1 is 0.523 bits per heavy atom. The van der Waals surface area contributed by atoms with Gasteiger partial charge in [-0.15, -0.1) is 0 Å². The quantitative estimate of drug-likeness (QED) is 0.0631. The topological polar surface area (TPSA) is 238 Å². The van der Waals surface area contributed by atoms with Crippen molar-refractivity contribution in [2.75, 3.05) is 13.2 Å². The van der Waals surface area contributed by atoms with Gasteiger partial charge in [-0.3, -0.25) is 9.59 Å². The Bertz CT molecular complexity index is 910. The molecule has 2 saturated heterocycles. The number of rotatable bonds is 16. The summed E-state index contributed by atoms with van der Waals surface area (Å²) < 4.78 is 10.5. The van der Waals surface area contributed by atoms with Gasteiger partial charge in [-0.25, -0.2) is 0 Å². The molecule has 0 radical (unpaired) electrons. The zero-order valence-electron chi connectivity index (χ0n) is 24.9. The van der Waals surface area contributed by atoms with E-state index in [4.69, 9.17) is 9.47 Å². The van der Waals surface area contributed by atoms with Crippen LogP contribution in [0.25, 0.3) is 0 Å². The third-order valence-electron chi connectivity index (χ3n) is 7.54. The van der Waals surface area contributed by atoms with Crippen molar-refractivity contribution in [3.63, 3.8) is 0 Å². The lowest BCUT2D eigenvalue weighted by atomic mass is 9.98. The molecule has 2 aliphatic rings. The van der Waals surface area contributed by atoms with Crippen LogP contribution < -0.4 is 10.6 Å². The van der Waals surface area contributed by atoms with Gasteiger partial charge in [-0.1, -0.05) is 37.5 Å². The van der Waals surface area contributed by atoms with Gasteiger partial charge in [0, 0.05) is 25.7 Å². The van der Waals surface area contributed by atoms with Gasteiger partial charge in [-0.2, -0.15) is 0 Å². The molecule has 0 aromatic rings. The Hall–Kier alpha value is -2.34. The first kappa shape index (κ1) is 37.8. The van der Waals surface area contributed by atoms with E-state index in [0.29, 0.717) is 25.7 Å². The molecule has 2 rings (SSSR count). The van der Waals surface area contributed by atoms with Crippen molar-refractivity contribution in [2.24, 2.45) is 0 Å². The summed E-state index contributed by atoms with van der Waals surface area (Å²) in [4.78, 5) is 24.2. The van der Waals surface area contributed by atoms with Crippen LogP contribution in [0.15, 0.2) is 0 Å². The summed E-state index contributed by atoms with van der Waals surface area (Å²) in [7, 11) is 0. The number of carbonyl (C=O) groups is 2. The first-order valence-electron chi connectivity index (χ1n) is 15.3. The molecule has 0 aromatic carbocycles. The summed E-state index contributed by atoms with van der Waals surface area (Å²) in [5, 5.41) is 82.4. The van der Waals surface area contributed by atoms with Crippen LogP contribution in [0.3, 0.4) is 0 Å². The predicted octanol–water partition coefficient (Wildman–Crippen LogP) is -2.49. The molecule has 10 atom stereocenters. The summed E-state index contributed by atoms with van der Waals surface area (Å²) in [5.74, 6) is 10.9. The highest BCUT2D eigenvalue weighted by Gasteiger charge is 2.45. The van der Waals surface area contributed by atoms with E-state index in [1.165, 1.54) is 0 Å².